The minimum absolute atomic E-state index is 0.240. The standard InChI is InChI=1S/C12H11ClFN3/c1-7-10(5-6-11(15)16-7)17-12-8(13)3-2-4-9(12)14/h2-6,17H,1H3,(H2,15,16). The van der Waals surface area contributed by atoms with Crippen molar-refractivity contribution >= 4 is 28.8 Å². The highest BCUT2D eigenvalue weighted by Gasteiger charge is 2.08. The minimum atomic E-state index is -0.409. The molecule has 0 unspecified atom stereocenters. The Kier molecular flexibility index (Phi) is 3.15. The minimum Gasteiger partial charge on any atom is -0.384 e. The molecule has 0 saturated carbocycles. The second kappa shape index (κ2) is 4.59. The Bertz CT molecular complexity index is 537. The smallest absolute Gasteiger partial charge is 0.148 e. The maximum absolute atomic E-state index is 13.6. The molecule has 0 saturated heterocycles. The van der Waals surface area contributed by atoms with Crippen LogP contribution >= 0.6 is 11.6 Å². The molecule has 3 N–H and O–H groups in total. The van der Waals surface area contributed by atoms with Crippen LogP contribution in [-0.2, 0) is 0 Å². The van der Waals surface area contributed by atoms with Crippen LogP contribution in [0.3, 0.4) is 0 Å². The van der Waals surface area contributed by atoms with Gasteiger partial charge in [-0.3, -0.25) is 0 Å². The van der Waals surface area contributed by atoms with E-state index in [1.54, 1.807) is 31.2 Å². The third-order valence-corrected chi connectivity index (χ3v) is 2.64. The zero-order chi connectivity index (χ0) is 12.4. The molecule has 0 fully saturated rings. The number of hydrogen-bond donors (Lipinski definition) is 2. The van der Waals surface area contributed by atoms with Crippen molar-refractivity contribution in [1.82, 2.24) is 4.98 Å². The van der Waals surface area contributed by atoms with E-state index >= 15 is 0 Å². The van der Waals surface area contributed by atoms with Crippen LogP contribution in [0.4, 0.5) is 21.6 Å². The maximum Gasteiger partial charge on any atom is 0.148 e. The second-order valence-corrected chi connectivity index (χ2v) is 4.00. The molecule has 88 valence electrons. The third kappa shape index (κ3) is 2.47. The number of benzene rings is 1. The highest BCUT2D eigenvalue weighted by molar-refractivity contribution is 6.33. The highest BCUT2D eigenvalue weighted by atomic mass is 35.5. The Balaban J connectivity index is 2.38. The Morgan fingerprint density at radius 3 is 2.71 bits per heavy atom. The number of nitrogens with zero attached hydrogens (tertiary/aromatic N) is 1. The molecule has 0 spiro atoms. The molecule has 2 aromatic rings. The molecule has 0 aliphatic rings. The Morgan fingerprint density at radius 2 is 2.06 bits per heavy atom. The molecule has 0 radical (unpaired) electrons. The molecule has 1 heterocycles. The van der Waals surface area contributed by atoms with Crippen LogP contribution in [0.25, 0.3) is 0 Å². The summed E-state index contributed by atoms with van der Waals surface area (Å²) in [5.74, 6) is 0.0152. The van der Waals surface area contributed by atoms with Gasteiger partial charge in [0.25, 0.3) is 0 Å². The summed E-state index contributed by atoms with van der Waals surface area (Å²) in [6.45, 7) is 1.79. The van der Waals surface area contributed by atoms with E-state index in [0.717, 1.165) is 0 Å². The van der Waals surface area contributed by atoms with Gasteiger partial charge in [-0.25, -0.2) is 9.37 Å². The molecular formula is C12H11ClFN3. The van der Waals surface area contributed by atoms with Gasteiger partial charge in [-0.2, -0.15) is 0 Å². The molecule has 5 heteroatoms. The van der Waals surface area contributed by atoms with Crippen LogP contribution in [0.2, 0.25) is 5.02 Å². The van der Waals surface area contributed by atoms with Crippen molar-refractivity contribution in [3.63, 3.8) is 0 Å². The van der Waals surface area contributed by atoms with Crippen molar-refractivity contribution in [1.29, 1.82) is 0 Å². The molecule has 1 aromatic carbocycles. The van der Waals surface area contributed by atoms with Gasteiger partial charge < -0.3 is 11.1 Å². The number of nitrogen functional groups attached to an aromatic ring is 1. The number of nitrogens with two attached hydrogens (primary N) is 1. The predicted molar refractivity (Wildman–Crippen MR) is 68.1 cm³/mol. The molecule has 2 rings (SSSR count). The van der Waals surface area contributed by atoms with Gasteiger partial charge in [0.1, 0.15) is 11.6 Å². The average Bonchev–Trinajstić information content (AvgIpc) is 2.26. The zero-order valence-corrected chi connectivity index (χ0v) is 9.92. The Morgan fingerprint density at radius 1 is 1.29 bits per heavy atom. The topological polar surface area (TPSA) is 50.9 Å². The van der Waals surface area contributed by atoms with Crippen LogP contribution < -0.4 is 11.1 Å². The number of hydrogen-bond acceptors (Lipinski definition) is 3. The molecule has 3 nitrogen and oxygen atoms in total. The van der Waals surface area contributed by atoms with E-state index in [2.05, 4.69) is 10.3 Å². The van der Waals surface area contributed by atoms with Gasteiger partial charge in [0, 0.05) is 0 Å². The van der Waals surface area contributed by atoms with E-state index in [9.17, 15) is 4.39 Å². The summed E-state index contributed by atoms with van der Waals surface area (Å²) in [5.41, 5.74) is 7.14. The lowest BCUT2D eigenvalue weighted by Gasteiger charge is -2.11. The lowest BCUT2D eigenvalue weighted by atomic mass is 10.2. The van der Waals surface area contributed by atoms with Gasteiger partial charge in [-0.15, -0.1) is 0 Å². The Labute approximate surface area is 103 Å². The summed E-state index contributed by atoms with van der Waals surface area (Å²) in [4.78, 5) is 4.08. The fourth-order valence-electron chi connectivity index (χ4n) is 1.46. The van der Waals surface area contributed by atoms with Crippen molar-refractivity contribution in [2.24, 2.45) is 0 Å². The normalized spacial score (nSPS) is 10.3. The number of halogens is 2. The molecular weight excluding hydrogens is 241 g/mol. The molecule has 0 aliphatic carbocycles. The summed E-state index contributed by atoms with van der Waals surface area (Å²) in [7, 11) is 0. The Hall–Kier alpha value is -1.81. The van der Waals surface area contributed by atoms with Crippen molar-refractivity contribution in [2.75, 3.05) is 11.1 Å². The first-order chi connectivity index (χ1) is 8.08. The first kappa shape index (κ1) is 11.7. The zero-order valence-electron chi connectivity index (χ0n) is 9.17. The fraction of sp³-hybridized carbons (Fsp3) is 0.0833. The van der Waals surface area contributed by atoms with Crippen LogP contribution in [0, 0.1) is 12.7 Å². The SMILES string of the molecule is Cc1nc(N)ccc1Nc1c(F)cccc1Cl. The number of rotatable bonds is 2. The van der Waals surface area contributed by atoms with Gasteiger partial charge in [0.15, 0.2) is 0 Å². The molecule has 0 atom stereocenters. The van der Waals surface area contributed by atoms with E-state index in [4.69, 9.17) is 17.3 Å². The molecule has 0 amide bonds. The second-order valence-electron chi connectivity index (χ2n) is 3.59. The number of para-hydroxylation sites is 1. The van der Waals surface area contributed by atoms with E-state index in [1.165, 1.54) is 6.07 Å². The quantitative estimate of drug-likeness (QED) is 0.859. The summed E-state index contributed by atoms with van der Waals surface area (Å²) in [5, 5.41) is 3.23. The molecule has 0 aliphatic heterocycles. The summed E-state index contributed by atoms with van der Waals surface area (Å²) >= 11 is 5.92. The van der Waals surface area contributed by atoms with E-state index in [1.807, 2.05) is 0 Å². The molecule has 1 aromatic heterocycles. The largest absolute Gasteiger partial charge is 0.384 e. The molecule has 17 heavy (non-hydrogen) atoms. The van der Waals surface area contributed by atoms with E-state index in [0.29, 0.717) is 22.2 Å². The van der Waals surface area contributed by atoms with Gasteiger partial charge >= 0.3 is 0 Å². The monoisotopic (exact) mass is 251 g/mol. The average molecular weight is 252 g/mol. The fourth-order valence-corrected chi connectivity index (χ4v) is 1.67. The lowest BCUT2D eigenvalue weighted by molar-refractivity contribution is 0.632. The number of aryl methyl sites for hydroxylation is 1. The predicted octanol–water partition coefficient (Wildman–Crippen LogP) is 3.51. The molecule has 0 bridgehead atoms. The van der Waals surface area contributed by atoms with E-state index < -0.39 is 5.82 Å². The lowest BCUT2D eigenvalue weighted by Crippen LogP contribution is -2.00. The van der Waals surface area contributed by atoms with Crippen molar-refractivity contribution < 1.29 is 4.39 Å². The number of pyridine rings is 1. The number of nitrogens with one attached hydrogen (secondary N) is 1. The van der Waals surface area contributed by atoms with Crippen molar-refractivity contribution in [2.45, 2.75) is 6.92 Å². The van der Waals surface area contributed by atoms with Crippen molar-refractivity contribution in [3.8, 4) is 0 Å². The first-order valence-corrected chi connectivity index (χ1v) is 5.40. The van der Waals surface area contributed by atoms with E-state index in [-0.39, 0.29) is 5.69 Å². The van der Waals surface area contributed by atoms with Crippen LogP contribution in [0.1, 0.15) is 5.69 Å². The van der Waals surface area contributed by atoms with Gasteiger partial charge in [-0.05, 0) is 31.2 Å². The number of anilines is 3. The summed E-state index contributed by atoms with van der Waals surface area (Å²) in [6.07, 6.45) is 0. The highest BCUT2D eigenvalue weighted by Crippen LogP contribution is 2.29. The number of aromatic nitrogens is 1. The maximum atomic E-state index is 13.6. The third-order valence-electron chi connectivity index (χ3n) is 2.33. The van der Waals surface area contributed by atoms with Crippen LogP contribution in [0.5, 0.6) is 0 Å². The van der Waals surface area contributed by atoms with Gasteiger partial charge in [-0.1, -0.05) is 17.7 Å². The van der Waals surface area contributed by atoms with Gasteiger partial charge in [0.05, 0.1) is 22.1 Å². The first-order valence-electron chi connectivity index (χ1n) is 5.02. The van der Waals surface area contributed by atoms with Gasteiger partial charge in [0.2, 0.25) is 0 Å². The van der Waals surface area contributed by atoms with Crippen LogP contribution in [0.15, 0.2) is 30.3 Å². The van der Waals surface area contributed by atoms with Crippen molar-refractivity contribution in [3.05, 3.63) is 46.9 Å². The summed E-state index contributed by atoms with van der Waals surface area (Å²) < 4.78 is 13.6. The summed E-state index contributed by atoms with van der Waals surface area (Å²) in [6, 6.07) is 7.89. The van der Waals surface area contributed by atoms with Crippen LogP contribution in [-0.4, -0.2) is 4.98 Å².